The van der Waals surface area contributed by atoms with Crippen LogP contribution >= 0.6 is 7.82 Å². The molecule has 0 radical (unpaired) electrons. The molecule has 0 bridgehead atoms. The molecule has 2 atom stereocenters. The van der Waals surface area contributed by atoms with Gasteiger partial charge in [-0.1, -0.05) is 380 Å². The van der Waals surface area contributed by atoms with Crippen molar-refractivity contribution in [1.82, 2.24) is 0 Å². The molecule has 0 spiro atoms. The van der Waals surface area contributed by atoms with Crippen LogP contribution in [0.5, 0.6) is 0 Å². The fraction of sp³-hybridized carbons (Fsp3) is 0.773. The van der Waals surface area contributed by atoms with Gasteiger partial charge in [-0.2, -0.15) is 0 Å². The Morgan fingerprint density at radius 1 is 0.327 bits per heavy atom. The molecule has 0 heterocycles. The molecule has 10 heteroatoms. The number of hydrogen-bond acceptors (Lipinski definition) is 8. The predicted octanol–water partition coefficient (Wildman–Crippen LogP) is 27.3. The Morgan fingerprint density at radius 2 is 0.582 bits per heavy atom. The van der Waals surface area contributed by atoms with Crippen molar-refractivity contribution in [2.45, 2.75) is 392 Å². The van der Waals surface area contributed by atoms with Gasteiger partial charge in [0.1, 0.15) is 19.8 Å². The number of carbonyl (C=O) groups excluding carboxylic acids is 2. The van der Waals surface area contributed by atoms with Crippen LogP contribution in [0.15, 0.2) is 109 Å². The number of phosphoric ester groups is 1. The van der Waals surface area contributed by atoms with Gasteiger partial charge in [-0.25, -0.2) is 0 Å². The van der Waals surface area contributed by atoms with E-state index in [0.717, 1.165) is 89.9 Å². The van der Waals surface area contributed by atoms with Crippen molar-refractivity contribution in [2.24, 2.45) is 0 Å². The van der Waals surface area contributed by atoms with Crippen molar-refractivity contribution in [3.8, 4) is 0 Å². The first kappa shape index (κ1) is 94.7. The fourth-order valence-corrected chi connectivity index (χ4v) is 12.7. The minimum absolute atomic E-state index is 0.0314. The SMILES string of the molecule is CC/C=C\C/C=C\C/C=C\C/C=C\C/C=C\C/C=C\C/C=C\CCCCCCCCCCCCCCCCCCCC(=O)OC(COC(=O)CCCCCCCCCCCCCCCCCCCCCCCCC/C=C\C/C=C\CCCCCCC)COP(=O)([O-])OCC[N+](C)(C)C. The van der Waals surface area contributed by atoms with Crippen molar-refractivity contribution in [3.05, 3.63) is 109 Å². The molecule has 568 valence electrons. The lowest BCUT2D eigenvalue weighted by molar-refractivity contribution is -0.870. The number of nitrogens with zero attached hydrogens (tertiary/aromatic N) is 1. The van der Waals surface area contributed by atoms with Crippen LogP contribution in [-0.2, 0) is 32.7 Å². The Labute approximate surface area is 607 Å². The summed E-state index contributed by atoms with van der Waals surface area (Å²) >= 11 is 0. The van der Waals surface area contributed by atoms with Crippen molar-refractivity contribution in [1.29, 1.82) is 0 Å². The average Bonchev–Trinajstić information content (AvgIpc) is 1.23. The monoisotopic (exact) mass is 1390 g/mol. The van der Waals surface area contributed by atoms with E-state index in [2.05, 4.69) is 123 Å². The van der Waals surface area contributed by atoms with Crippen molar-refractivity contribution in [3.63, 3.8) is 0 Å². The molecule has 0 N–H and O–H groups in total. The molecule has 0 aromatic heterocycles. The number of carbonyl (C=O) groups is 2. The molecule has 98 heavy (non-hydrogen) atoms. The van der Waals surface area contributed by atoms with Crippen LogP contribution in [0.3, 0.4) is 0 Å². The predicted molar refractivity (Wildman–Crippen MR) is 425 cm³/mol. The molecule has 0 saturated heterocycles. The zero-order valence-electron chi connectivity index (χ0n) is 65.0. The van der Waals surface area contributed by atoms with Gasteiger partial charge in [-0.3, -0.25) is 14.2 Å². The molecular weight excluding hydrogens is 1230 g/mol. The zero-order valence-corrected chi connectivity index (χ0v) is 65.9. The number of ether oxygens (including phenoxy) is 2. The van der Waals surface area contributed by atoms with E-state index in [1.54, 1.807) is 0 Å². The van der Waals surface area contributed by atoms with E-state index in [1.165, 1.54) is 263 Å². The van der Waals surface area contributed by atoms with Crippen LogP contribution in [0.2, 0.25) is 0 Å². The molecule has 0 fully saturated rings. The summed E-state index contributed by atoms with van der Waals surface area (Å²) in [6.07, 6.45) is 111. The first-order valence-corrected chi connectivity index (χ1v) is 43.1. The third-order valence-electron chi connectivity index (χ3n) is 18.3. The van der Waals surface area contributed by atoms with Crippen LogP contribution in [0.1, 0.15) is 386 Å². The van der Waals surface area contributed by atoms with E-state index >= 15 is 0 Å². The Balaban J connectivity index is 3.93. The summed E-state index contributed by atoms with van der Waals surface area (Å²) in [5, 5.41) is 0. The molecule has 0 rings (SSSR count). The molecule has 9 nitrogen and oxygen atoms in total. The fourth-order valence-electron chi connectivity index (χ4n) is 12.0. The summed E-state index contributed by atoms with van der Waals surface area (Å²) in [7, 11) is 1.18. The van der Waals surface area contributed by atoms with Gasteiger partial charge in [0.15, 0.2) is 6.10 Å². The summed E-state index contributed by atoms with van der Waals surface area (Å²) in [5.41, 5.74) is 0. The van der Waals surface area contributed by atoms with Gasteiger partial charge < -0.3 is 27.9 Å². The maximum Gasteiger partial charge on any atom is 0.306 e. The maximum atomic E-state index is 12.9. The number of hydrogen-bond donors (Lipinski definition) is 0. The molecule has 0 aliphatic heterocycles. The van der Waals surface area contributed by atoms with Gasteiger partial charge in [-0.15, -0.1) is 0 Å². The number of phosphoric acid groups is 1. The smallest absolute Gasteiger partial charge is 0.306 e. The highest BCUT2D eigenvalue weighted by atomic mass is 31.2. The van der Waals surface area contributed by atoms with Crippen molar-refractivity contribution >= 4 is 19.8 Å². The number of allylic oxidation sites excluding steroid dienone is 18. The van der Waals surface area contributed by atoms with Gasteiger partial charge in [-0.05, 0) is 103 Å². The second-order valence-corrected chi connectivity index (χ2v) is 30.5. The lowest BCUT2D eigenvalue weighted by Crippen LogP contribution is -2.37. The van der Waals surface area contributed by atoms with Crippen LogP contribution in [0.25, 0.3) is 0 Å². The molecule has 2 unspecified atom stereocenters. The number of rotatable bonds is 77. The van der Waals surface area contributed by atoms with Crippen molar-refractivity contribution in [2.75, 3.05) is 47.5 Å². The van der Waals surface area contributed by atoms with Crippen LogP contribution in [-0.4, -0.2) is 70.0 Å². The second-order valence-electron chi connectivity index (χ2n) is 29.1. The minimum atomic E-state index is -4.65. The number of esters is 2. The van der Waals surface area contributed by atoms with Crippen LogP contribution < -0.4 is 4.89 Å². The number of unbranched alkanes of at least 4 members (excludes halogenated alkanes) is 45. The third kappa shape index (κ3) is 81.6. The Morgan fingerprint density at radius 3 is 0.867 bits per heavy atom. The molecule has 0 aliphatic rings. The molecule has 0 saturated carbocycles. The first-order valence-electron chi connectivity index (χ1n) is 41.6. The summed E-state index contributed by atoms with van der Waals surface area (Å²) < 4.78 is 34.5. The standard InChI is InChI=1S/C88H158NO8P/c1-6-8-10-12-14-16-18-20-22-24-26-28-30-32-34-36-38-40-42-43-44-45-47-49-51-53-55-57-59-61-63-65-67-69-71-73-75-77-79-81-88(91)97-86(85-96-98(92,93)95-83-82-89(3,4)5)84-94-87(90)80-78-76-74-72-70-68-66-64-62-60-58-56-54-52-50-48-46-41-39-37-35-33-31-29-27-25-23-21-19-17-15-13-11-9-7-2/h8,10,14,16,19-22,25-28,32,34,38,40,43-44,86H,6-7,9,11-13,15,17-18,23-24,29-31,33,35-37,39,41-42,45-85H2,1-5H3/b10-8-,16-14-,21-19-,22-20-,27-25-,28-26-,34-32-,40-38-,44-43-. The molecular formula is C88H158NO8P. The van der Waals surface area contributed by atoms with Gasteiger partial charge in [0.25, 0.3) is 7.82 Å². The van der Waals surface area contributed by atoms with Gasteiger partial charge in [0, 0.05) is 12.8 Å². The Hall–Kier alpha value is -3.33. The molecule has 0 aromatic carbocycles. The number of likely N-dealkylation sites (N-methyl/N-ethyl adjacent to an activating group) is 1. The van der Waals surface area contributed by atoms with E-state index in [0.29, 0.717) is 17.4 Å². The summed E-state index contributed by atoms with van der Waals surface area (Å²) in [6, 6.07) is 0. The zero-order chi connectivity index (χ0) is 71.1. The van der Waals surface area contributed by atoms with E-state index in [9.17, 15) is 19.0 Å². The summed E-state index contributed by atoms with van der Waals surface area (Å²) in [4.78, 5) is 38.2. The molecule has 0 aromatic rings. The highest BCUT2D eigenvalue weighted by Gasteiger charge is 2.22. The van der Waals surface area contributed by atoms with Crippen LogP contribution in [0, 0.1) is 0 Å². The van der Waals surface area contributed by atoms with Gasteiger partial charge in [0.05, 0.1) is 27.7 Å². The van der Waals surface area contributed by atoms with E-state index in [4.69, 9.17) is 18.5 Å². The van der Waals surface area contributed by atoms with Crippen LogP contribution in [0.4, 0.5) is 0 Å². The second kappa shape index (κ2) is 77.8. The largest absolute Gasteiger partial charge is 0.756 e. The third-order valence-corrected chi connectivity index (χ3v) is 19.2. The van der Waals surface area contributed by atoms with E-state index in [-0.39, 0.29) is 32.0 Å². The lowest BCUT2D eigenvalue weighted by atomic mass is 10.0. The van der Waals surface area contributed by atoms with Crippen molar-refractivity contribution < 1.29 is 42.1 Å². The maximum absolute atomic E-state index is 12.9. The highest BCUT2D eigenvalue weighted by molar-refractivity contribution is 7.45. The summed E-state index contributed by atoms with van der Waals surface area (Å²) in [5.74, 6) is -0.817. The van der Waals surface area contributed by atoms with Gasteiger partial charge in [0.2, 0.25) is 0 Å². The topological polar surface area (TPSA) is 111 Å². The highest BCUT2D eigenvalue weighted by Crippen LogP contribution is 2.38. The Kier molecular flexibility index (Phi) is 75.2. The van der Waals surface area contributed by atoms with E-state index in [1.807, 2.05) is 21.1 Å². The van der Waals surface area contributed by atoms with Gasteiger partial charge >= 0.3 is 11.9 Å². The number of quaternary nitrogens is 1. The minimum Gasteiger partial charge on any atom is -0.756 e. The first-order chi connectivity index (χ1) is 48.0. The molecule has 0 aliphatic carbocycles. The Bertz CT molecular complexity index is 2030. The lowest BCUT2D eigenvalue weighted by Gasteiger charge is -2.28. The molecule has 0 amide bonds. The summed E-state index contributed by atoms with van der Waals surface area (Å²) in [6.45, 7) is 4.17. The van der Waals surface area contributed by atoms with E-state index < -0.39 is 26.5 Å². The quantitative estimate of drug-likeness (QED) is 0.0195. The average molecular weight is 1390 g/mol. The normalized spacial score (nSPS) is 13.6.